The van der Waals surface area contributed by atoms with Crippen molar-refractivity contribution >= 4 is 17.7 Å². The van der Waals surface area contributed by atoms with Crippen LogP contribution in [0.25, 0.3) is 0 Å². The Morgan fingerprint density at radius 2 is 1.69 bits per heavy atom. The van der Waals surface area contributed by atoms with Crippen molar-refractivity contribution in [3.63, 3.8) is 0 Å². The fourth-order valence-corrected chi connectivity index (χ4v) is 5.01. The van der Waals surface area contributed by atoms with Crippen molar-refractivity contribution in [2.75, 3.05) is 20.6 Å². The minimum Gasteiger partial charge on any atom is -0.483 e. The van der Waals surface area contributed by atoms with Crippen molar-refractivity contribution in [1.29, 1.82) is 0 Å². The zero-order chi connectivity index (χ0) is 28.5. The van der Waals surface area contributed by atoms with Crippen LogP contribution in [0, 0.1) is 11.8 Å². The van der Waals surface area contributed by atoms with E-state index in [1.807, 2.05) is 101 Å². The molecule has 0 aromatic heterocycles. The average Bonchev–Trinajstić information content (AvgIpc) is 2.90. The van der Waals surface area contributed by atoms with Gasteiger partial charge in [-0.2, -0.15) is 0 Å². The molecule has 2 aromatic rings. The average molecular weight is 537 g/mol. The first kappa shape index (κ1) is 30.2. The fraction of sp³-hybridized carbons (Fsp3) is 0.516. The maximum atomic E-state index is 14.0. The van der Waals surface area contributed by atoms with Crippen molar-refractivity contribution in [2.24, 2.45) is 11.8 Å². The third-order valence-corrected chi connectivity index (χ3v) is 7.26. The Kier molecular flexibility index (Phi) is 10.9. The highest BCUT2D eigenvalue weighted by atomic mass is 16.5. The number of nitrogens with zero attached hydrogens (tertiary/aromatic N) is 1. The van der Waals surface area contributed by atoms with Gasteiger partial charge in [-0.25, -0.2) is 0 Å². The molecule has 8 heteroatoms. The Morgan fingerprint density at radius 1 is 1.03 bits per heavy atom. The lowest BCUT2D eigenvalue weighted by Crippen LogP contribution is -2.59. The van der Waals surface area contributed by atoms with Crippen LogP contribution < -0.4 is 20.7 Å². The van der Waals surface area contributed by atoms with Crippen LogP contribution in [0.15, 0.2) is 54.6 Å². The van der Waals surface area contributed by atoms with Crippen LogP contribution in [-0.4, -0.2) is 61.4 Å². The van der Waals surface area contributed by atoms with E-state index in [4.69, 9.17) is 4.74 Å². The number of amides is 3. The molecule has 0 saturated carbocycles. The molecule has 39 heavy (non-hydrogen) atoms. The lowest BCUT2D eigenvalue weighted by molar-refractivity contribution is -0.136. The van der Waals surface area contributed by atoms with Crippen molar-refractivity contribution < 1.29 is 19.1 Å². The zero-order valence-corrected chi connectivity index (χ0v) is 24.1. The van der Waals surface area contributed by atoms with Gasteiger partial charge in [0, 0.05) is 6.54 Å². The molecule has 2 aliphatic rings. The number of nitrogens with one attached hydrogen (secondary N) is 3. The zero-order valence-electron chi connectivity index (χ0n) is 24.1. The molecular weight excluding hydrogens is 492 g/mol. The highest BCUT2D eigenvalue weighted by Gasteiger charge is 2.38. The number of hydrogen-bond donors (Lipinski definition) is 3. The van der Waals surface area contributed by atoms with Crippen LogP contribution in [0.3, 0.4) is 0 Å². The third-order valence-electron chi connectivity index (χ3n) is 7.26. The molecule has 212 valence electrons. The number of carbonyl (C=O) groups excluding carboxylic acids is 3. The van der Waals surface area contributed by atoms with Gasteiger partial charge in [0.15, 0.2) is 6.10 Å². The predicted molar refractivity (Wildman–Crippen MR) is 153 cm³/mol. The molecule has 0 spiro atoms. The third kappa shape index (κ3) is 8.30. The molecule has 2 heterocycles. The largest absolute Gasteiger partial charge is 0.483 e. The fourth-order valence-electron chi connectivity index (χ4n) is 5.01. The summed E-state index contributed by atoms with van der Waals surface area (Å²) < 4.78 is 6.46. The second-order valence-corrected chi connectivity index (χ2v) is 11.1. The van der Waals surface area contributed by atoms with Crippen molar-refractivity contribution in [1.82, 2.24) is 20.9 Å². The lowest BCUT2D eigenvalue weighted by Gasteiger charge is -2.34. The number of carbonyl (C=O) groups is 3. The molecule has 2 bridgehead atoms. The number of ether oxygens (including phenoxy) is 1. The Morgan fingerprint density at radius 3 is 2.28 bits per heavy atom. The van der Waals surface area contributed by atoms with E-state index in [0.29, 0.717) is 25.1 Å². The SMILES string of the molecule is CCC(C)C(C(=O)NC1C(=O)NC(CC(C)C)C(=O)NCCc2ccc(cc2)OC1c1ccccc1)N(C)C. The van der Waals surface area contributed by atoms with Crippen LogP contribution in [-0.2, 0) is 20.8 Å². The second kappa shape index (κ2) is 14.1. The highest BCUT2D eigenvalue weighted by molar-refractivity contribution is 5.93. The molecule has 2 aliphatic heterocycles. The Hall–Kier alpha value is -3.39. The van der Waals surface area contributed by atoms with Gasteiger partial charge in [0.2, 0.25) is 17.7 Å². The van der Waals surface area contributed by atoms with Crippen LogP contribution in [0.1, 0.15) is 57.8 Å². The van der Waals surface area contributed by atoms with E-state index in [2.05, 4.69) is 16.0 Å². The number of fused-ring (bicyclic) bond motifs is 11. The first-order chi connectivity index (χ1) is 18.6. The van der Waals surface area contributed by atoms with Gasteiger partial charge >= 0.3 is 0 Å². The summed E-state index contributed by atoms with van der Waals surface area (Å²) in [6.07, 6.45) is 1.10. The summed E-state index contributed by atoms with van der Waals surface area (Å²) in [6, 6.07) is 14.8. The van der Waals surface area contributed by atoms with Gasteiger partial charge in [0.1, 0.15) is 17.8 Å². The van der Waals surface area contributed by atoms with E-state index >= 15 is 0 Å². The first-order valence-corrected chi connectivity index (χ1v) is 14.0. The Bertz CT molecular complexity index is 1090. The van der Waals surface area contributed by atoms with Crippen LogP contribution in [0.5, 0.6) is 5.75 Å². The van der Waals surface area contributed by atoms with Gasteiger partial charge in [-0.3, -0.25) is 19.3 Å². The highest BCUT2D eigenvalue weighted by Crippen LogP contribution is 2.27. The van der Waals surface area contributed by atoms with Gasteiger partial charge in [0.25, 0.3) is 0 Å². The molecule has 0 saturated heterocycles. The molecule has 0 radical (unpaired) electrons. The van der Waals surface area contributed by atoms with E-state index in [1.165, 1.54) is 0 Å². The summed E-state index contributed by atoms with van der Waals surface area (Å²) in [4.78, 5) is 42.8. The summed E-state index contributed by atoms with van der Waals surface area (Å²) in [5, 5.41) is 8.95. The van der Waals surface area contributed by atoms with E-state index in [-0.39, 0.29) is 23.7 Å². The molecule has 2 aromatic carbocycles. The maximum Gasteiger partial charge on any atom is 0.247 e. The lowest BCUT2D eigenvalue weighted by atomic mass is 9.95. The smallest absolute Gasteiger partial charge is 0.247 e. The minimum absolute atomic E-state index is 0.0599. The van der Waals surface area contributed by atoms with Gasteiger partial charge in [-0.15, -0.1) is 0 Å². The second-order valence-electron chi connectivity index (χ2n) is 11.1. The minimum atomic E-state index is -1.09. The Balaban J connectivity index is 2.09. The molecule has 0 fully saturated rings. The molecule has 4 rings (SSSR count). The molecular formula is C31H44N4O4. The molecule has 5 atom stereocenters. The first-order valence-electron chi connectivity index (χ1n) is 14.0. The van der Waals surface area contributed by atoms with E-state index in [1.54, 1.807) is 0 Å². The van der Waals surface area contributed by atoms with Crippen molar-refractivity contribution in [3.05, 3.63) is 65.7 Å². The van der Waals surface area contributed by atoms with Crippen molar-refractivity contribution in [2.45, 2.75) is 71.2 Å². The standard InChI is InChI=1S/C31H44N4O4/c1-7-21(4)27(35(5)6)31(38)34-26-28(23-11-9-8-10-12-23)39-24-15-13-22(14-16-24)17-18-32-29(36)25(19-20(2)3)33-30(26)37/h8-16,20-21,25-28H,7,17-19H2,1-6H3,(H,32,36)(H,33,37)(H,34,38). The molecule has 5 unspecified atom stereocenters. The number of likely N-dealkylation sites (N-methyl/N-ethyl adjacent to an activating group) is 1. The van der Waals surface area contributed by atoms with Gasteiger partial charge in [0.05, 0.1) is 6.04 Å². The molecule has 3 N–H and O–H groups in total. The van der Waals surface area contributed by atoms with E-state index < -0.39 is 30.1 Å². The molecule has 3 amide bonds. The normalized spacial score (nSPS) is 21.9. The van der Waals surface area contributed by atoms with Gasteiger partial charge in [-0.1, -0.05) is 76.6 Å². The summed E-state index contributed by atoms with van der Waals surface area (Å²) in [6.45, 7) is 8.53. The van der Waals surface area contributed by atoms with Crippen LogP contribution >= 0.6 is 0 Å². The van der Waals surface area contributed by atoms with Gasteiger partial charge < -0.3 is 20.7 Å². The quantitative estimate of drug-likeness (QED) is 0.480. The summed E-state index contributed by atoms with van der Waals surface area (Å²) in [7, 11) is 3.72. The van der Waals surface area contributed by atoms with Crippen LogP contribution in [0.4, 0.5) is 0 Å². The van der Waals surface area contributed by atoms with E-state index in [9.17, 15) is 14.4 Å². The Labute approximate surface area is 232 Å². The summed E-state index contributed by atoms with van der Waals surface area (Å²) in [5.74, 6) is -0.146. The monoisotopic (exact) mass is 536 g/mol. The summed E-state index contributed by atoms with van der Waals surface area (Å²) >= 11 is 0. The number of hydrogen-bond acceptors (Lipinski definition) is 5. The van der Waals surface area contributed by atoms with E-state index in [0.717, 1.165) is 17.5 Å². The topological polar surface area (TPSA) is 99.8 Å². The molecule has 0 aliphatic carbocycles. The number of benzene rings is 2. The van der Waals surface area contributed by atoms with Crippen molar-refractivity contribution in [3.8, 4) is 5.75 Å². The predicted octanol–water partition coefficient (Wildman–Crippen LogP) is 3.47. The number of rotatable bonds is 8. The summed E-state index contributed by atoms with van der Waals surface area (Å²) in [5.41, 5.74) is 1.80. The van der Waals surface area contributed by atoms with Crippen LogP contribution in [0.2, 0.25) is 0 Å². The maximum absolute atomic E-state index is 14.0. The van der Waals surface area contributed by atoms with Gasteiger partial charge in [-0.05, 0) is 62.0 Å². The molecule has 8 nitrogen and oxygen atoms in total.